The van der Waals surface area contributed by atoms with Crippen LogP contribution in [0.15, 0.2) is 52.2 Å². The smallest absolute Gasteiger partial charge is 0.148 e. The predicted molar refractivity (Wildman–Crippen MR) is 155 cm³/mol. The first-order chi connectivity index (χ1) is 18.8. The van der Waals surface area contributed by atoms with Crippen molar-refractivity contribution in [2.24, 2.45) is 33.8 Å². The van der Waals surface area contributed by atoms with Crippen LogP contribution in [0.5, 0.6) is 0 Å². The third-order valence-corrected chi connectivity index (χ3v) is 11.2. The van der Waals surface area contributed by atoms with Gasteiger partial charge in [0.1, 0.15) is 11.8 Å². The van der Waals surface area contributed by atoms with Crippen LogP contribution in [0.3, 0.4) is 0 Å². The topological polar surface area (TPSA) is 59.0 Å². The lowest BCUT2D eigenvalue weighted by Crippen LogP contribution is -2.50. The minimum Gasteiger partial charge on any atom is -0.378 e. The first-order valence-electron chi connectivity index (χ1n) is 15.0. The van der Waals surface area contributed by atoms with Crippen LogP contribution in [-0.4, -0.2) is 38.1 Å². The molecule has 5 aliphatic rings. The highest BCUT2D eigenvalue weighted by atomic mass is 16.5. The minimum atomic E-state index is -0.576. The standard InChI is InChI=1S/C34H42N2O3/c1-5-13-34(23(3)37)14-12-31-29-19-22(2)28-20-25(35-38)8-11-27(28)32(29)30(21-33(31,34)4)24-6-9-26(10-7-24)36-15-17-39-18-16-36/h6-7,9-10,20,22,25,29-31H,8,11-12,14-19,21H2,1-4H3/t22?,25?,29-,30?,31-,33-,34+/m0/s1. The Kier molecular flexibility index (Phi) is 6.82. The SMILES string of the molecule is CC#C[C@]1(C(C)=O)CC[C@H]2[C@@H]3CC(C)C4=CC(N=O)CCC4=C3C(c3ccc(N4CCOCC4)cc3)C[C@@]21C. The molecule has 206 valence electrons. The Morgan fingerprint density at radius 1 is 1.15 bits per heavy atom. The van der Waals surface area contributed by atoms with E-state index in [1.54, 1.807) is 12.5 Å². The number of nitrogens with zero attached hydrogens (tertiary/aromatic N) is 2. The molecule has 1 heterocycles. The van der Waals surface area contributed by atoms with Crippen molar-refractivity contribution in [1.82, 2.24) is 0 Å². The van der Waals surface area contributed by atoms with Crippen molar-refractivity contribution in [3.05, 3.63) is 57.5 Å². The number of carbonyl (C=O) groups excluding carboxylic acids is 1. The highest BCUT2D eigenvalue weighted by Gasteiger charge is 2.65. The monoisotopic (exact) mass is 526 g/mol. The van der Waals surface area contributed by atoms with E-state index in [9.17, 15) is 9.70 Å². The van der Waals surface area contributed by atoms with Crippen molar-refractivity contribution in [2.45, 2.75) is 78.2 Å². The molecule has 0 amide bonds. The molecule has 4 aliphatic carbocycles. The molecule has 6 rings (SSSR count). The summed E-state index contributed by atoms with van der Waals surface area (Å²) in [5.74, 6) is 8.45. The molecule has 0 spiro atoms. The highest BCUT2D eigenvalue weighted by molar-refractivity contribution is 5.87. The number of allylic oxidation sites excluding steroid dienone is 3. The molecule has 2 saturated carbocycles. The summed E-state index contributed by atoms with van der Waals surface area (Å²) < 4.78 is 5.57. The summed E-state index contributed by atoms with van der Waals surface area (Å²) in [6.45, 7) is 11.8. The van der Waals surface area contributed by atoms with Gasteiger partial charge in [-0.05, 0) is 104 Å². The number of nitroso groups, excluding NO2 is 1. The molecular weight excluding hydrogens is 484 g/mol. The quantitative estimate of drug-likeness (QED) is 0.319. The average molecular weight is 527 g/mol. The zero-order valence-corrected chi connectivity index (χ0v) is 24.0. The van der Waals surface area contributed by atoms with Crippen LogP contribution in [0.4, 0.5) is 5.69 Å². The van der Waals surface area contributed by atoms with Gasteiger partial charge in [-0.15, -0.1) is 5.92 Å². The van der Waals surface area contributed by atoms with Crippen LogP contribution >= 0.6 is 0 Å². The van der Waals surface area contributed by atoms with E-state index in [0.29, 0.717) is 17.8 Å². The Morgan fingerprint density at radius 3 is 2.56 bits per heavy atom. The van der Waals surface area contributed by atoms with Gasteiger partial charge in [-0.2, -0.15) is 4.91 Å². The molecule has 0 bridgehead atoms. The maximum atomic E-state index is 13.4. The average Bonchev–Trinajstić information content (AvgIpc) is 3.26. The zero-order valence-electron chi connectivity index (χ0n) is 24.0. The van der Waals surface area contributed by atoms with E-state index >= 15 is 0 Å². The molecule has 5 heteroatoms. The van der Waals surface area contributed by atoms with Gasteiger partial charge < -0.3 is 9.64 Å². The van der Waals surface area contributed by atoms with E-state index in [-0.39, 0.29) is 23.2 Å². The molecule has 1 aromatic rings. The summed E-state index contributed by atoms with van der Waals surface area (Å²) in [6.07, 6.45) is 7.83. The van der Waals surface area contributed by atoms with Gasteiger partial charge >= 0.3 is 0 Å². The lowest BCUT2D eigenvalue weighted by atomic mass is 9.47. The summed E-state index contributed by atoms with van der Waals surface area (Å²) in [4.78, 5) is 27.3. The Labute approximate surface area is 233 Å². The highest BCUT2D eigenvalue weighted by Crippen LogP contribution is 2.70. The number of benzene rings is 1. The molecule has 7 atom stereocenters. The van der Waals surface area contributed by atoms with E-state index < -0.39 is 5.41 Å². The van der Waals surface area contributed by atoms with Crippen LogP contribution in [0, 0.1) is 45.3 Å². The van der Waals surface area contributed by atoms with Crippen molar-refractivity contribution >= 4 is 11.5 Å². The third-order valence-electron chi connectivity index (χ3n) is 11.2. The summed E-state index contributed by atoms with van der Waals surface area (Å²) in [6, 6.07) is 9.02. The van der Waals surface area contributed by atoms with E-state index in [1.165, 1.54) is 22.4 Å². The second-order valence-corrected chi connectivity index (χ2v) is 12.9. The number of ketones is 1. The number of rotatable bonds is 4. The molecular formula is C34H42N2O3. The number of morpholine rings is 1. The van der Waals surface area contributed by atoms with Gasteiger partial charge in [0.25, 0.3) is 0 Å². The first kappa shape index (κ1) is 26.5. The van der Waals surface area contributed by atoms with Crippen molar-refractivity contribution in [3.63, 3.8) is 0 Å². The summed E-state index contributed by atoms with van der Waals surface area (Å²) in [7, 11) is 0. The maximum Gasteiger partial charge on any atom is 0.148 e. The fourth-order valence-corrected chi connectivity index (χ4v) is 9.31. The third kappa shape index (κ3) is 4.05. The van der Waals surface area contributed by atoms with E-state index in [2.05, 4.69) is 66.1 Å². The van der Waals surface area contributed by atoms with E-state index in [1.807, 2.05) is 6.92 Å². The number of carbonyl (C=O) groups is 1. The molecule has 0 N–H and O–H groups in total. The lowest BCUT2D eigenvalue weighted by molar-refractivity contribution is -0.130. The fourth-order valence-electron chi connectivity index (χ4n) is 9.31. The van der Waals surface area contributed by atoms with Gasteiger partial charge in [-0.3, -0.25) is 4.79 Å². The van der Waals surface area contributed by atoms with Crippen LogP contribution in [0.1, 0.15) is 77.7 Å². The van der Waals surface area contributed by atoms with Crippen LogP contribution in [0.25, 0.3) is 0 Å². The molecule has 1 aromatic carbocycles. The second-order valence-electron chi connectivity index (χ2n) is 12.9. The predicted octanol–water partition coefficient (Wildman–Crippen LogP) is 6.83. The Balaban J connectivity index is 1.49. The maximum absolute atomic E-state index is 13.4. The largest absolute Gasteiger partial charge is 0.378 e. The Morgan fingerprint density at radius 2 is 1.90 bits per heavy atom. The van der Waals surface area contributed by atoms with E-state index in [0.717, 1.165) is 64.8 Å². The second kappa shape index (κ2) is 10.0. The minimum absolute atomic E-state index is 0.174. The van der Waals surface area contributed by atoms with Gasteiger partial charge in [0.15, 0.2) is 0 Å². The number of anilines is 1. The van der Waals surface area contributed by atoms with Crippen LogP contribution in [-0.2, 0) is 9.53 Å². The number of hydrogen-bond acceptors (Lipinski definition) is 5. The number of Topliss-reactive ketones (excluding diaryl/α,β-unsaturated/α-hetero) is 1. The van der Waals surface area contributed by atoms with Gasteiger partial charge in [-0.25, -0.2) is 0 Å². The molecule has 39 heavy (non-hydrogen) atoms. The van der Waals surface area contributed by atoms with Crippen molar-refractivity contribution < 1.29 is 9.53 Å². The van der Waals surface area contributed by atoms with Crippen molar-refractivity contribution in [2.75, 3.05) is 31.2 Å². The van der Waals surface area contributed by atoms with Gasteiger partial charge in [0.05, 0.1) is 18.6 Å². The van der Waals surface area contributed by atoms with Crippen molar-refractivity contribution in [3.8, 4) is 11.8 Å². The molecule has 3 fully saturated rings. The molecule has 1 aliphatic heterocycles. The van der Waals surface area contributed by atoms with Gasteiger partial charge in [0, 0.05) is 24.7 Å². The van der Waals surface area contributed by atoms with Gasteiger partial charge in [-0.1, -0.05) is 48.7 Å². The van der Waals surface area contributed by atoms with Crippen LogP contribution < -0.4 is 4.90 Å². The molecule has 3 unspecified atom stereocenters. The number of fused-ring (bicyclic) bond motifs is 4. The molecule has 0 aromatic heterocycles. The normalized spacial score (nSPS) is 37.6. The Bertz CT molecular complexity index is 1280. The first-order valence-corrected chi connectivity index (χ1v) is 15.0. The summed E-state index contributed by atoms with van der Waals surface area (Å²) in [5, 5.41) is 3.42. The Hall–Kier alpha value is -2.71. The number of hydrogen-bond donors (Lipinski definition) is 0. The van der Waals surface area contributed by atoms with E-state index in [4.69, 9.17) is 4.74 Å². The van der Waals surface area contributed by atoms with Crippen molar-refractivity contribution in [1.29, 1.82) is 0 Å². The summed E-state index contributed by atoms with van der Waals surface area (Å²) >= 11 is 0. The van der Waals surface area contributed by atoms with Crippen LogP contribution in [0.2, 0.25) is 0 Å². The van der Waals surface area contributed by atoms with Gasteiger partial charge in [0.2, 0.25) is 0 Å². The number of ether oxygens (including phenoxy) is 1. The summed E-state index contributed by atoms with van der Waals surface area (Å²) in [5.41, 5.74) is 6.29. The molecule has 0 radical (unpaired) electrons. The molecule has 1 saturated heterocycles. The fraction of sp³-hybridized carbons (Fsp3) is 0.618. The molecule has 5 nitrogen and oxygen atoms in total. The lowest BCUT2D eigenvalue weighted by Gasteiger charge is -2.55. The zero-order chi connectivity index (χ0) is 27.4.